The van der Waals surface area contributed by atoms with Gasteiger partial charge in [-0.1, -0.05) is 5.16 Å². The summed E-state index contributed by atoms with van der Waals surface area (Å²) in [6.07, 6.45) is 1.42. The minimum absolute atomic E-state index is 0.0159. The third-order valence-electron chi connectivity index (χ3n) is 3.26. The van der Waals surface area contributed by atoms with E-state index in [1.807, 2.05) is 0 Å². The van der Waals surface area contributed by atoms with Crippen LogP contribution in [0.5, 0.6) is 11.5 Å². The van der Waals surface area contributed by atoms with Crippen molar-refractivity contribution in [3.63, 3.8) is 0 Å². The number of pyridine rings is 1. The third kappa shape index (κ3) is 2.74. The largest absolute Gasteiger partial charge is 0.497 e. The number of ether oxygens (including phenoxy) is 2. The lowest BCUT2D eigenvalue weighted by Crippen LogP contribution is -1.95. The van der Waals surface area contributed by atoms with Crippen molar-refractivity contribution in [3.05, 3.63) is 46.6 Å². The zero-order chi connectivity index (χ0) is 17.1. The van der Waals surface area contributed by atoms with Crippen LogP contribution in [0.25, 0.3) is 23.0 Å². The molecule has 0 unspecified atom stereocenters. The van der Waals surface area contributed by atoms with Gasteiger partial charge >= 0.3 is 0 Å². The van der Waals surface area contributed by atoms with Crippen molar-refractivity contribution in [1.29, 1.82) is 0 Å². The number of benzene rings is 1. The van der Waals surface area contributed by atoms with E-state index in [4.69, 9.17) is 14.0 Å². The molecule has 0 aliphatic carbocycles. The first-order valence-electron chi connectivity index (χ1n) is 6.80. The molecule has 0 aliphatic rings. The minimum Gasteiger partial charge on any atom is -0.497 e. The Morgan fingerprint density at radius 1 is 1.21 bits per heavy atom. The first kappa shape index (κ1) is 15.4. The average Bonchev–Trinajstić information content (AvgIpc) is 3.10. The number of aromatic nitrogens is 3. The molecule has 24 heavy (non-hydrogen) atoms. The Kier molecular flexibility index (Phi) is 4.06. The molecule has 0 saturated heterocycles. The lowest BCUT2D eigenvalue weighted by Gasteiger charge is -2.06. The van der Waals surface area contributed by atoms with Crippen LogP contribution in [0.1, 0.15) is 0 Å². The van der Waals surface area contributed by atoms with Crippen molar-refractivity contribution in [2.75, 3.05) is 14.2 Å². The molecular weight excluding hydrogens is 316 g/mol. The Bertz CT molecular complexity index is 893. The number of rotatable bonds is 5. The second-order valence-corrected chi connectivity index (χ2v) is 4.62. The van der Waals surface area contributed by atoms with Crippen LogP contribution >= 0.6 is 0 Å². The molecule has 0 amide bonds. The van der Waals surface area contributed by atoms with E-state index in [0.29, 0.717) is 17.1 Å². The van der Waals surface area contributed by atoms with E-state index in [9.17, 15) is 10.1 Å². The molecule has 2 heterocycles. The van der Waals surface area contributed by atoms with Crippen molar-refractivity contribution in [2.45, 2.75) is 0 Å². The summed E-state index contributed by atoms with van der Waals surface area (Å²) in [4.78, 5) is 18.7. The molecule has 2 aromatic heterocycles. The Balaban J connectivity index is 2.08. The highest BCUT2D eigenvalue weighted by atomic mass is 16.6. The topological polar surface area (TPSA) is 113 Å². The number of nitro groups is 1. The van der Waals surface area contributed by atoms with Gasteiger partial charge in [0, 0.05) is 12.3 Å². The van der Waals surface area contributed by atoms with Crippen molar-refractivity contribution in [2.24, 2.45) is 0 Å². The molecule has 0 N–H and O–H groups in total. The summed E-state index contributed by atoms with van der Waals surface area (Å²) < 4.78 is 15.7. The second-order valence-electron chi connectivity index (χ2n) is 4.62. The van der Waals surface area contributed by atoms with Gasteiger partial charge in [0.1, 0.15) is 11.5 Å². The Labute approximate surface area is 136 Å². The molecule has 0 radical (unpaired) electrons. The van der Waals surface area contributed by atoms with Crippen LogP contribution in [-0.4, -0.2) is 34.3 Å². The van der Waals surface area contributed by atoms with Crippen molar-refractivity contribution < 1.29 is 18.9 Å². The van der Waals surface area contributed by atoms with Crippen LogP contribution < -0.4 is 9.47 Å². The van der Waals surface area contributed by atoms with Crippen LogP contribution in [0.4, 0.5) is 5.69 Å². The van der Waals surface area contributed by atoms with E-state index in [2.05, 4.69) is 15.1 Å². The highest BCUT2D eigenvalue weighted by Crippen LogP contribution is 2.34. The van der Waals surface area contributed by atoms with Gasteiger partial charge in [0.15, 0.2) is 5.69 Å². The van der Waals surface area contributed by atoms with Gasteiger partial charge in [-0.15, -0.1) is 0 Å². The molecule has 0 bridgehead atoms. The van der Waals surface area contributed by atoms with E-state index in [1.165, 1.54) is 32.5 Å². The maximum atomic E-state index is 11.1. The van der Waals surface area contributed by atoms with Gasteiger partial charge in [-0.05, 0) is 24.3 Å². The molecule has 0 atom stereocenters. The van der Waals surface area contributed by atoms with Crippen LogP contribution in [0, 0.1) is 10.1 Å². The lowest BCUT2D eigenvalue weighted by molar-refractivity contribution is -0.384. The minimum atomic E-state index is -0.551. The molecule has 0 spiro atoms. The molecule has 0 fully saturated rings. The summed E-state index contributed by atoms with van der Waals surface area (Å²) in [5.74, 6) is 1.23. The fourth-order valence-electron chi connectivity index (χ4n) is 2.13. The van der Waals surface area contributed by atoms with E-state index >= 15 is 0 Å². The fraction of sp³-hybridized carbons (Fsp3) is 0.133. The van der Waals surface area contributed by atoms with Crippen molar-refractivity contribution in [3.8, 4) is 34.5 Å². The van der Waals surface area contributed by atoms with E-state index in [1.54, 1.807) is 18.2 Å². The summed E-state index contributed by atoms with van der Waals surface area (Å²) in [6, 6.07) is 7.88. The highest BCUT2D eigenvalue weighted by molar-refractivity contribution is 5.68. The Morgan fingerprint density at radius 3 is 2.75 bits per heavy atom. The predicted octanol–water partition coefficient (Wildman–Crippen LogP) is 2.72. The molecule has 3 aromatic rings. The zero-order valence-electron chi connectivity index (χ0n) is 12.8. The standard InChI is InChI=1S/C15H12N4O5/c1-22-9-5-6-12(23-2)10(8-9)15-17-14(18-24-15)13-11(19(20)21)4-3-7-16-13/h3-8H,1-2H3. The monoisotopic (exact) mass is 328 g/mol. The summed E-state index contributed by atoms with van der Waals surface area (Å²) in [5.41, 5.74) is 0.330. The maximum Gasteiger partial charge on any atom is 0.298 e. The quantitative estimate of drug-likeness (QED) is 0.519. The van der Waals surface area contributed by atoms with E-state index < -0.39 is 4.92 Å². The van der Waals surface area contributed by atoms with Gasteiger partial charge < -0.3 is 14.0 Å². The first-order chi connectivity index (χ1) is 11.6. The van der Waals surface area contributed by atoms with E-state index in [0.717, 1.165) is 0 Å². The number of hydrogen-bond acceptors (Lipinski definition) is 8. The number of hydrogen-bond donors (Lipinski definition) is 0. The normalized spacial score (nSPS) is 10.4. The lowest BCUT2D eigenvalue weighted by atomic mass is 10.2. The molecule has 122 valence electrons. The van der Waals surface area contributed by atoms with Crippen LogP contribution in [0.2, 0.25) is 0 Å². The maximum absolute atomic E-state index is 11.1. The van der Waals surface area contributed by atoms with Crippen LogP contribution in [0.3, 0.4) is 0 Å². The van der Waals surface area contributed by atoms with Crippen molar-refractivity contribution in [1.82, 2.24) is 15.1 Å². The average molecular weight is 328 g/mol. The van der Waals surface area contributed by atoms with Gasteiger partial charge in [-0.25, -0.2) is 4.98 Å². The van der Waals surface area contributed by atoms with Gasteiger partial charge in [-0.2, -0.15) is 4.98 Å². The highest BCUT2D eigenvalue weighted by Gasteiger charge is 2.22. The second kappa shape index (κ2) is 6.32. The SMILES string of the molecule is COc1ccc(OC)c(-c2nc(-c3ncccc3[N+](=O)[O-])no2)c1. The van der Waals surface area contributed by atoms with Gasteiger partial charge in [-0.3, -0.25) is 10.1 Å². The summed E-state index contributed by atoms with van der Waals surface area (Å²) in [7, 11) is 3.04. The predicted molar refractivity (Wildman–Crippen MR) is 82.7 cm³/mol. The molecule has 0 saturated carbocycles. The summed E-state index contributed by atoms with van der Waals surface area (Å²) >= 11 is 0. The molecule has 3 rings (SSSR count). The smallest absolute Gasteiger partial charge is 0.298 e. The molecular formula is C15H12N4O5. The summed E-state index contributed by atoms with van der Waals surface area (Å²) in [5, 5.41) is 14.9. The molecule has 1 aromatic carbocycles. The molecule has 0 aliphatic heterocycles. The zero-order valence-corrected chi connectivity index (χ0v) is 12.8. The van der Waals surface area contributed by atoms with Gasteiger partial charge in [0.25, 0.3) is 11.6 Å². The molecule has 9 heteroatoms. The van der Waals surface area contributed by atoms with E-state index in [-0.39, 0.29) is 23.1 Å². The Hall–Kier alpha value is -3.49. The van der Waals surface area contributed by atoms with Crippen LogP contribution in [0.15, 0.2) is 41.1 Å². The van der Waals surface area contributed by atoms with Gasteiger partial charge in [0.05, 0.1) is 24.7 Å². The third-order valence-corrected chi connectivity index (χ3v) is 3.26. The van der Waals surface area contributed by atoms with Crippen molar-refractivity contribution >= 4 is 5.69 Å². The summed E-state index contributed by atoms with van der Waals surface area (Å²) in [6.45, 7) is 0. The number of nitrogens with zero attached hydrogens (tertiary/aromatic N) is 4. The van der Waals surface area contributed by atoms with Crippen LogP contribution in [-0.2, 0) is 0 Å². The fourth-order valence-corrected chi connectivity index (χ4v) is 2.13. The number of methoxy groups -OCH3 is 2. The van der Waals surface area contributed by atoms with Gasteiger partial charge in [0.2, 0.25) is 5.82 Å². The first-order valence-corrected chi connectivity index (χ1v) is 6.80. The molecule has 9 nitrogen and oxygen atoms in total. The Morgan fingerprint density at radius 2 is 2.04 bits per heavy atom.